The number of nitrogens with one attached hydrogen (secondary N) is 1. The Labute approximate surface area is 111 Å². The minimum Gasteiger partial charge on any atom is -0.480 e. The number of carboxylic acids is 1. The van der Waals surface area contributed by atoms with Gasteiger partial charge in [-0.1, -0.05) is 0 Å². The SMILES string of the molecule is CCOC(=O)C1CCCN(C(=O)N[C@@H](C)C(=O)O)C1. The van der Waals surface area contributed by atoms with Crippen LogP contribution < -0.4 is 5.32 Å². The second-order valence-corrected chi connectivity index (χ2v) is 4.55. The van der Waals surface area contributed by atoms with Crippen LogP contribution in [0.2, 0.25) is 0 Å². The van der Waals surface area contributed by atoms with Gasteiger partial charge in [0.05, 0.1) is 12.5 Å². The number of rotatable bonds is 4. The van der Waals surface area contributed by atoms with Gasteiger partial charge in [0.2, 0.25) is 0 Å². The van der Waals surface area contributed by atoms with Gasteiger partial charge in [0, 0.05) is 13.1 Å². The minimum atomic E-state index is -1.09. The first-order valence-electron chi connectivity index (χ1n) is 6.40. The van der Waals surface area contributed by atoms with E-state index in [0.29, 0.717) is 26.0 Å². The van der Waals surface area contributed by atoms with Crippen LogP contribution in [0.15, 0.2) is 0 Å². The summed E-state index contributed by atoms with van der Waals surface area (Å²) in [6.45, 7) is 4.25. The van der Waals surface area contributed by atoms with Crippen molar-refractivity contribution in [3.05, 3.63) is 0 Å². The third kappa shape index (κ3) is 4.42. The molecular weight excluding hydrogens is 252 g/mol. The van der Waals surface area contributed by atoms with Gasteiger partial charge in [0.1, 0.15) is 6.04 Å². The van der Waals surface area contributed by atoms with Gasteiger partial charge >= 0.3 is 18.0 Å². The van der Waals surface area contributed by atoms with Crippen LogP contribution in [0.3, 0.4) is 0 Å². The average Bonchev–Trinajstić information content (AvgIpc) is 2.39. The molecule has 2 amide bonds. The molecule has 0 bridgehead atoms. The number of urea groups is 1. The maximum atomic E-state index is 11.8. The predicted octanol–water partition coefficient (Wildman–Crippen LogP) is 0.444. The predicted molar refractivity (Wildman–Crippen MR) is 66.6 cm³/mol. The lowest BCUT2D eigenvalue weighted by Crippen LogP contribution is -2.50. The maximum absolute atomic E-state index is 11.8. The smallest absolute Gasteiger partial charge is 0.325 e. The van der Waals surface area contributed by atoms with Crippen molar-refractivity contribution in [2.75, 3.05) is 19.7 Å². The fourth-order valence-corrected chi connectivity index (χ4v) is 1.95. The number of carbonyl (C=O) groups is 3. The van der Waals surface area contributed by atoms with E-state index >= 15 is 0 Å². The maximum Gasteiger partial charge on any atom is 0.325 e. The van der Waals surface area contributed by atoms with E-state index in [0.717, 1.165) is 0 Å². The van der Waals surface area contributed by atoms with Crippen molar-refractivity contribution >= 4 is 18.0 Å². The Morgan fingerprint density at radius 3 is 2.74 bits per heavy atom. The van der Waals surface area contributed by atoms with Crippen molar-refractivity contribution in [1.29, 1.82) is 0 Å². The Hall–Kier alpha value is -1.79. The van der Waals surface area contributed by atoms with E-state index in [2.05, 4.69) is 5.32 Å². The average molecular weight is 272 g/mol. The molecule has 1 heterocycles. The summed E-state index contributed by atoms with van der Waals surface area (Å²) >= 11 is 0. The van der Waals surface area contributed by atoms with Gasteiger partial charge in [-0.05, 0) is 26.7 Å². The number of piperidine rings is 1. The van der Waals surface area contributed by atoms with E-state index < -0.39 is 18.0 Å². The summed E-state index contributed by atoms with van der Waals surface area (Å²) in [4.78, 5) is 35.6. The van der Waals surface area contributed by atoms with Crippen molar-refractivity contribution in [1.82, 2.24) is 10.2 Å². The van der Waals surface area contributed by atoms with Crippen LogP contribution in [-0.4, -0.2) is 53.7 Å². The molecule has 7 nitrogen and oxygen atoms in total. The fraction of sp³-hybridized carbons (Fsp3) is 0.750. The van der Waals surface area contributed by atoms with Crippen LogP contribution in [-0.2, 0) is 14.3 Å². The number of carbonyl (C=O) groups excluding carboxylic acids is 2. The van der Waals surface area contributed by atoms with E-state index in [-0.39, 0.29) is 18.4 Å². The first-order chi connectivity index (χ1) is 8.95. The highest BCUT2D eigenvalue weighted by atomic mass is 16.5. The molecule has 19 heavy (non-hydrogen) atoms. The number of hydrogen-bond donors (Lipinski definition) is 2. The standard InChI is InChI=1S/C12H20N2O5/c1-3-19-11(17)9-5-4-6-14(7-9)12(18)13-8(2)10(15)16/h8-9H,3-7H2,1-2H3,(H,13,18)(H,15,16)/t8-,9?/m0/s1. The first kappa shape index (κ1) is 15.3. The molecule has 0 aromatic carbocycles. The Balaban J connectivity index is 2.52. The van der Waals surface area contributed by atoms with Crippen molar-refractivity contribution < 1.29 is 24.2 Å². The molecule has 0 aromatic heterocycles. The van der Waals surface area contributed by atoms with Crippen LogP contribution in [0.4, 0.5) is 4.79 Å². The topological polar surface area (TPSA) is 95.9 Å². The summed E-state index contributed by atoms with van der Waals surface area (Å²) in [7, 11) is 0. The van der Waals surface area contributed by atoms with Gasteiger partial charge in [-0.25, -0.2) is 4.79 Å². The molecule has 1 saturated heterocycles. The molecule has 7 heteroatoms. The molecule has 0 aliphatic carbocycles. The summed E-state index contributed by atoms with van der Waals surface area (Å²) in [5.74, 6) is -1.71. The van der Waals surface area contributed by atoms with Crippen LogP contribution >= 0.6 is 0 Å². The normalized spacial score (nSPS) is 20.5. The fourth-order valence-electron chi connectivity index (χ4n) is 1.95. The quantitative estimate of drug-likeness (QED) is 0.724. The highest BCUT2D eigenvalue weighted by Crippen LogP contribution is 2.18. The van der Waals surface area contributed by atoms with Crippen molar-refractivity contribution in [2.45, 2.75) is 32.7 Å². The molecule has 0 saturated carbocycles. The molecule has 2 N–H and O–H groups in total. The zero-order chi connectivity index (χ0) is 14.4. The first-order valence-corrected chi connectivity index (χ1v) is 6.40. The van der Waals surface area contributed by atoms with E-state index in [1.54, 1.807) is 6.92 Å². The van der Waals surface area contributed by atoms with Crippen LogP contribution in [0, 0.1) is 5.92 Å². The molecule has 108 valence electrons. The number of hydrogen-bond acceptors (Lipinski definition) is 4. The van der Waals surface area contributed by atoms with E-state index in [4.69, 9.17) is 9.84 Å². The van der Waals surface area contributed by atoms with Gasteiger partial charge in [-0.3, -0.25) is 9.59 Å². The highest BCUT2D eigenvalue weighted by Gasteiger charge is 2.30. The number of carboxylic acid groups (broad SMARTS) is 1. The van der Waals surface area contributed by atoms with Crippen molar-refractivity contribution in [2.24, 2.45) is 5.92 Å². The zero-order valence-corrected chi connectivity index (χ0v) is 11.2. The summed E-state index contributed by atoms with van der Waals surface area (Å²) in [5, 5.41) is 11.1. The molecule has 1 aliphatic heterocycles. The van der Waals surface area contributed by atoms with E-state index in [1.165, 1.54) is 11.8 Å². The zero-order valence-electron chi connectivity index (χ0n) is 11.2. The number of esters is 1. The molecule has 1 rings (SSSR count). The molecule has 1 aliphatic rings. The van der Waals surface area contributed by atoms with Gasteiger partial charge in [-0.2, -0.15) is 0 Å². The Morgan fingerprint density at radius 2 is 2.16 bits per heavy atom. The second kappa shape index (κ2) is 6.96. The van der Waals surface area contributed by atoms with Crippen LogP contribution in [0.5, 0.6) is 0 Å². The number of likely N-dealkylation sites (tertiary alicyclic amines) is 1. The molecule has 1 fully saturated rings. The summed E-state index contributed by atoms with van der Waals surface area (Å²) < 4.78 is 4.94. The molecule has 0 spiro atoms. The minimum absolute atomic E-state index is 0.275. The monoisotopic (exact) mass is 272 g/mol. The lowest BCUT2D eigenvalue weighted by molar-refractivity contribution is -0.149. The Morgan fingerprint density at radius 1 is 1.47 bits per heavy atom. The summed E-state index contributed by atoms with van der Waals surface area (Å²) in [5.41, 5.74) is 0. The summed E-state index contributed by atoms with van der Waals surface area (Å²) in [6.07, 6.45) is 1.40. The van der Waals surface area contributed by atoms with Crippen LogP contribution in [0.1, 0.15) is 26.7 Å². The molecular formula is C12H20N2O5. The molecule has 0 radical (unpaired) electrons. The van der Waals surface area contributed by atoms with Crippen molar-refractivity contribution in [3.63, 3.8) is 0 Å². The van der Waals surface area contributed by atoms with Crippen molar-refractivity contribution in [3.8, 4) is 0 Å². The lowest BCUT2D eigenvalue weighted by Gasteiger charge is -2.32. The van der Waals surface area contributed by atoms with Gasteiger partial charge in [0.25, 0.3) is 0 Å². The van der Waals surface area contributed by atoms with Gasteiger partial charge in [-0.15, -0.1) is 0 Å². The number of amides is 2. The Bertz CT molecular complexity index is 358. The van der Waals surface area contributed by atoms with E-state index in [1.807, 2.05) is 0 Å². The summed E-state index contributed by atoms with van der Waals surface area (Å²) in [6, 6.07) is -1.40. The van der Waals surface area contributed by atoms with Gasteiger partial charge in [0.15, 0.2) is 0 Å². The highest BCUT2D eigenvalue weighted by molar-refractivity contribution is 5.83. The Kier molecular flexibility index (Phi) is 5.59. The second-order valence-electron chi connectivity index (χ2n) is 4.55. The molecule has 0 aromatic rings. The third-order valence-corrected chi connectivity index (χ3v) is 3.04. The number of aliphatic carboxylic acids is 1. The number of ether oxygens (including phenoxy) is 1. The molecule has 2 atom stereocenters. The largest absolute Gasteiger partial charge is 0.480 e. The van der Waals surface area contributed by atoms with E-state index in [9.17, 15) is 14.4 Å². The van der Waals surface area contributed by atoms with Crippen LogP contribution in [0.25, 0.3) is 0 Å². The third-order valence-electron chi connectivity index (χ3n) is 3.04. The molecule has 1 unspecified atom stereocenters. The number of nitrogens with zero attached hydrogens (tertiary/aromatic N) is 1. The lowest BCUT2D eigenvalue weighted by atomic mass is 9.98. The van der Waals surface area contributed by atoms with Gasteiger partial charge < -0.3 is 20.1 Å².